The number of nitrogens with zero attached hydrogens (tertiary/aromatic N) is 1. The van der Waals surface area contributed by atoms with Crippen LogP contribution in [0.1, 0.15) is 66.8 Å². The highest BCUT2D eigenvalue weighted by Crippen LogP contribution is 2.62. The Kier molecular flexibility index (Phi) is 11.0. The van der Waals surface area contributed by atoms with Crippen LogP contribution in [-0.4, -0.2) is 0 Å². The van der Waals surface area contributed by atoms with Gasteiger partial charge in [0.05, 0.1) is 21.9 Å². The highest BCUT2D eigenvalue weighted by atomic mass is 15.1. The number of rotatable bonds is 10. The summed E-state index contributed by atoms with van der Waals surface area (Å²) in [5.74, 6) is 0. The lowest BCUT2D eigenvalue weighted by Gasteiger charge is -2.35. The van der Waals surface area contributed by atoms with Crippen molar-refractivity contribution in [3.05, 3.63) is 400 Å². The predicted molar refractivity (Wildman–Crippen MR) is 338 cm³/mol. The third-order valence-electron chi connectivity index (χ3n) is 18.3. The van der Waals surface area contributed by atoms with Crippen LogP contribution in [0.25, 0.3) is 44.5 Å². The van der Waals surface area contributed by atoms with E-state index in [1.807, 2.05) is 0 Å². The maximum absolute atomic E-state index is 2.55. The van der Waals surface area contributed by atoms with E-state index >= 15 is 0 Å². The first kappa shape index (κ1) is 47.6. The Morgan fingerprint density at radius 1 is 0.195 bits per heavy atom. The van der Waals surface area contributed by atoms with Gasteiger partial charge in [0, 0.05) is 16.9 Å². The number of hydrogen-bond acceptors (Lipinski definition) is 1. The zero-order chi connectivity index (χ0) is 54.2. The molecule has 0 saturated carbocycles. The zero-order valence-electron chi connectivity index (χ0n) is 45.2. The molecule has 0 saturated heterocycles. The van der Waals surface area contributed by atoms with Crippen LogP contribution in [0, 0.1) is 0 Å². The molecule has 1 heteroatoms. The van der Waals surface area contributed by atoms with Gasteiger partial charge in [-0.1, -0.05) is 297 Å². The second-order valence-electron chi connectivity index (χ2n) is 22.2. The number of hydrogen-bond donors (Lipinski definition) is 0. The van der Waals surface area contributed by atoms with E-state index in [2.05, 4.69) is 339 Å². The van der Waals surface area contributed by atoms with E-state index in [0.29, 0.717) is 0 Å². The minimum Gasteiger partial charge on any atom is -0.310 e. The van der Waals surface area contributed by atoms with Crippen LogP contribution in [0.2, 0.25) is 0 Å². The van der Waals surface area contributed by atoms with Gasteiger partial charge in [-0.2, -0.15) is 0 Å². The maximum Gasteiger partial charge on any atom is 0.0714 e. The second-order valence-corrected chi connectivity index (χ2v) is 22.2. The Morgan fingerprint density at radius 2 is 0.512 bits per heavy atom. The van der Waals surface area contributed by atoms with E-state index in [1.54, 1.807) is 0 Å². The summed E-state index contributed by atoms with van der Waals surface area (Å²) in [6, 6.07) is 125. The lowest BCUT2D eigenvalue weighted by Crippen LogP contribution is -2.29. The van der Waals surface area contributed by atoms with Gasteiger partial charge in [0.25, 0.3) is 0 Å². The molecule has 0 aliphatic heterocycles. The summed E-state index contributed by atoms with van der Waals surface area (Å²) < 4.78 is 0. The number of anilines is 3. The minimum atomic E-state index is -0.580. The molecule has 0 radical (unpaired) electrons. The summed E-state index contributed by atoms with van der Waals surface area (Å²) >= 11 is 0. The summed E-state index contributed by atoms with van der Waals surface area (Å²) in [6.45, 7) is 0. The molecule has 16 rings (SSSR count). The molecular formula is C81H55N. The largest absolute Gasteiger partial charge is 0.310 e. The SMILES string of the molecule is c1ccc(C2(c3ccccc3)c3ccccc3-c3ccc(-c4ccc(N(c5ccc6c(c5)C(c5ccccc5)(c5ccccc5)c5ccccc5-6)c5cccc6c5-c5ccccc5C6(c5ccccc5)c5ccccc5)cc4)cc32)cc1. The predicted octanol–water partition coefficient (Wildman–Crippen LogP) is 19.9. The first-order valence-electron chi connectivity index (χ1n) is 28.7. The molecule has 0 spiro atoms. The molecular weight excluding hydrogens is 987 g/mol. The lowest BCUT2D eigenvalue weighted by atomic mass is 9.67. The Morgan fingerprint density at radius 3 is 0.963 bits per heavy atom. The average molecular weight is 1040 g/mol. The van der Waals surface area contributed by atoms with Crippen molar-refractivity contribution in [2.75, 3.05) is 4.90 Å². The van der Waals surface area contributed by atoms with Gasteiger partial charge in [-0.3, -0.25) is 0 Å². The maximum atomic E-state index is 2.55. The molecule has 0 unspecified atom stereocenters. The molecule has 13 aromatic carbocycles. The standard InChI is InChI=1S/C81H55N/c1-7-26-58(27-8-1)79(59-28-9-2-10-29-59)73-43-24-21-40-70(73)78-74(79)44-25-45-77(78)82(65-51-53-69-67-39-20-23-42-72(67)81(76(69)55-65,62-34-15-5-16-35-62)63-36-17-6-18-37-63)64-49-46-56(47-50-64)57-48-52-68-66-38-19-22-41-71(66)80(75(68)54-57,60-30-11-3-12-31-60)61-32-13-4-14-33-61/h1-55H. The van der Waals surface area contributed by atoms with E-state index in [4.69, 9.17) is 0 Å². The molecule has 0 heterocycles. The van der Waals surface area contributed by atoms with Crippen LogP contribution in [0.4, 0.5) is 17.1 Å². The van der Waals surface area contributed by atoms with Crippen molar-refractivity contribution in [1.29, 1.82) is 0 Å². The first-order chi connectivity index (χ1) is 40.7. The van der Waals surface area contributed by atoms with Crippen LogP contribution in [0.5, 0.6) is 0 Å². The molecule has 1 nitrogen and oxygen atoms in total. The summed E-state index contributed by atoms with van der Waals surface area (Å²) in [5, 5.41) is 0. The molecule has 384 valence electrons. The fraction of sp³-hybridized carbons (Fsp3) is 0.0370. The monoisotopic (exact) mass is 1040 g/mol. The quantitative estimate of drug-likeness (QED) is 0.132. The van der Waals surface area contributed by atoms with Crippen molar-refractivity contribution in [3.8, 4) is 44.5 Å². The Hall–Kier alpha value is -10.3. The number of fused-ring (bicyclic) bond motifs is 9. The molecule has 0 N–H and O–H groups in total. The molecule has 0 fully saturated rings. The van der Waals surface area contributed by atoms with E-state index in [9.17, 15) is 0 Å². The molecule has 3 aliphatic carbocycles. The van der Waals surface area contributed by atoms with Gasteiger partial charge < -0.3 is 4.90 Å². The van der Waals surface area contributed by atoms with Gasteiger partial charge in [0.15, 0.2) is 0 Å². The van der Waals surface area contributed by atoms with Gasteiger partial charge in [-0.05, 0) is 142 Å². The van der Waals surface area contributed by atoms with E-state index in [1.165, 1.54) is 106 Å². The highest BCUT2D eigenvalue weighted by molar-refractivity contribution is 5.99. The van der Waals surface area contributed by atoms with Crippen molar-refractivity contribution in [2.24, 2.45) is 0 Å². The van der Waals surface area contributed by atoms with Crippen molar-refractivity contribution in [1.82, 2.24) is 0 Å². The van der Waals surface area contributed by atoms with Gasteiger partial charge >= 0.3 is 0 Å². The van der Waals surface area contributed by atoms with Crippen molar-refractivity contribution in [2.45, 2.75) is 16.2 Å². The summed E-state index contributed by atoms with van der Waals surface area (Å²) in [6.07, 6.45) is 0. The van der Waals surface area contributed by atoms with Crippen molar-refractivity contribution >= 4 is 17.1 Å². The second kappa shape index (κ2) is 18.9. The molecule has 0 amide bonds. The van der Waals surface area contributed by atoms with E-state index in [0.717, 1.165) is 22.6 Å². The zero-order valence-corrected chi connectivity index (χ0v) is 45.2. The average Bonchev–Trinajstić information content (AvgIpc) is 3.15. The molecule has 0 aromatic heterocycles. The lowest BCUT2D eigenvalue weighted by molar-refractivity contribution is 0.768. The Bertz CT molecular complexity index is 4410. The molecule has 82 heavy (non-hydrogen) atoms. The Labute approximate surface area is 480 Å². The van der Waals surface area contributed by atoms with Crippen LogP contribution in [0.15, 0.2) is 334 Å². The van der Waals surface area contributed by atoms with Crippen LogP contribution >= 0.6 is 0 Å². The van der Waals surface area contributed by atoms with Crippen molar-refractivity contribution < 1.29 is 0 Å². The fourth-order valence-electron chi connectivity index (χ4n) is 15.1. The summed E-state index contributed by atoms with van der Waals surface area (Å²) in [7, 11) is 0. The van der Waals surface area contributed by atoms with E-state index < -0.39 is 16.2 Å². The molecule has 0 atom stereocenters. The van der Waals surface area contributed by atoms with E-state index in [-0.39, 0.29) is 0 Å². The minimum absolute atomic E-state index is 0.498. The molecule has 3 aliphatic rings. The number of benzene rings is 13. The van der Waals surface area contributed by atoms with Gasteiger partial charge in [0.2, 0.25) is 0 Å². The van der Waals surface area contributed by atoms with Crippen LogP contribution in [-0.2, 0) is 16.2 Å². The van der Waals surface area contributed by atoms with Gasteiger partial charge in [-0.15, -0.1) is 0 Å². The van der Waals surface area contributed by atoms with Crippen LogP contribution < -0.4 is 4.90 Å². The Balaban J connectivity index is 0.933. The van der Waals surface area contributed by atoms with Crippen LogP contribution in [0.3, 0.4) is 0 Å². The molecule has 13 aromatic rings. The third kappa shape index (κ3) is 6.74. The first-order valence-corrected chi connectivity index (χ1v) is 28.7. The normalized spacial score (nSPS) is 14.1. The molecule has 0 bridgehead atoms. The fourth-order valence-corrected chi connectivity index (χ4v) is 15.1. The smallest absolute Gasteiger partial charge is 0.0714 e. The summed E-state index contributed by atoms with van der Waals surface area (Å²) in [4.78, 5) is 2.55. The van der Waals surface area contributed by atoms with Gasteiger partial charge in [0.1, 0.15) is 0 Å². The van der Waals surface area contributed by atoms with Gasteiger partial charge in [-0.25, -0.2) is 0 Å². The van der Waals surface area contributed by atoms with Crippen molar-refractivity contribution in [3.63, 3.8) is 0 Å². The summed E-state index contributed by atoms with van der Waals surface area (Å²) in [5.41, 5.74) is 26.7. The topological polar surface area (TPSA) is 3.24 Å². The highest BCUT2D eigenvalue weighted by Gasteiger charge is 2.50. The third-order valence-corrected chi connectivity index (χ3v) is 18.3.